The summed E-state index contributed by atoms with van der Waals surface area (Å²) in [6, 6.07) is 3.83. The number of allylic oxidation sites excluding steroid dienone is 3. The van der Waals surface area contributed by atoms with E-state index in [1.165, 1.54) is 6.07 Å². The Kier molecular flexibility index (Phi) is 3.72. The maximum absolute atomic E-state index is 13.5. The van der Waals surface area contributed by atoms with Crippen LogP contribution in [0.15, 0.2) is 43.0 Å². The molecule has 0 nitrogen and oxygen atoms in total. The third kappa shape index (κ3) is 3.02. The standard InChI is InChI=1S/C15H16F2/c1-2-11-4-3-5-12(8-11)9-13-6-7-14(16)10-15(13)17/h2-4,6-7,10-12H,1,5,8-9H2. The summed E-state index contributed by atoms with van der Waals surface area (Å²) in [4.78, 5) is 0. The van der Waals surface area contributed by atoms with Crippen LogP contribution in [0, 0.1) is 23.5 Å². The fourth-order valence-electron chi connectivity index (χ4n) is 2.35. The number of halogens is 2. The van der Waals surface area contributed by atoms with Crippen LogP contribution < -0.4 is 0 Å². The summed E-state index contributed by atoms with van der Waals surface area (Å²) in [6.07, 6.45) is 8.81. The van der Waals surface area contributed by atoms with Crippen LogP contribution in [0.2, 0.25) is 0 Å². The Hall–Kier alpha value is -1.44. The van der Waals surface area contributed by atoms with E-state index in [-0.39, 0.29) is 0 Å². The van der Waals surface area contributed by atoms with Gasteiger partial charge in [0.2, 0.25) is 0 Å². The van der Waals surface area contributed by atoms with Crippen molar-refractivity contribution in [2.75, 3.05) is 0 Å². The van der Waals surface area contributed by atoms with Crippen molar-refractivity contribution in [3.8, 4) is 0 Å². The van der Waals surface area contributed by atoms with Crippen LogP contribution in [-0.4, -0.2) is 0 Å². The van der Waals surface area contributed by atoms with Crippen molar-refractivity contribution >= 4 is 0 Å². The predicted molar refractivity (Wildman–Crippen MR) is 65.6 cm³/mol. The zero-order valence-electron chi connectivity index (χ0n) is 9.70. The molecule has 0 bridgehead atoms. The molecule has 0 amide bonds. The molecule has 0 radical (unpaired) electrons. The molecule has 0 spiro atoms. The fourth-order valence-corrected chi connectivity index (χ4v) is 2.35. The van der Waals surface area contributed by atoms with E-state index >= 15 is 0 Å². The average molecular weight is 234 g/mol. The zero-order chi connectivity index (χ0) is 12.3. The Morgan fingerprint density at radius 2 is 2.18 bits per heavy atom. The van der Waals surface area contributed by atoms with E-state index in [9.17, 15) is 8.78 Å². The molecule has 0 aromatic heterocycles. The van der Waals surface area contributed by atoms with Crippen LogP contribution in [0.3, 0.4) is 0 Å². The molecule has 0 N–H and O–H groups in total. The first-order valence-corrected chi connectivity index (χ1v) is 5.92. The van der Waals surface area contributed by atoms with Gasteiger partial charge in [0.05, 0.1) is 0 Å². The Morgan fingerprint density at radius 3 is 2.88 bits per heavy atom. The summed E-state index contributed by atoms with van der Waals surface area (Å²) in [5.41, 5.74) is 0.606. The highest BCUT2D eigenvalue weighted by molar-refractivity contribution is 5.20. The quantitative estimate of drug-likeness (QED) is 0.685. The van der Waals surface area contributed by atoms with Crippen LogP contribution >= 0.6 is 0 Å². The highest BCUT2D eigenvalue weighted by Gasteiger charge is 2.17. The molecule has 2 rings (SSSR count). The van der Waals surface area contributed by atoms with Crippen molar-refractivity contribution in [3.63, 3.8) is 0 Å². The summed E-state index contributed by atoms with van der Waals surface area (Å²) in [6.45, 7) is 3.78. The zero-order valence-corrected chi connectivity index (χ0v) is 9.70. The summed E-state index contributed by atoms with van der Waals surface area (Å²) >= 11 is 0. The summed E-state index contributed by atoms with van der Waals surface area (Å²) in [5, 5.41) is 0. The Labute approximate surface area is 101 Å². The summed E-state index contributed by atoms with van der Waals surface area (Å²) < 4.78 is 26.3. The average Bonchev–Trinajstić information content (AvgIpc) is 2.33. The molecule has 2 heteroatoms. The van der Waals surface area contributed by atoms with Crippen LogP contribution in [0.1, 0.15) is 18.4 Å². The van der Waals surface area contributed by atoms with E-state index in [4.69, 9.17) is 0 Å². The van der Waals surface area contributed by atoms with E-state index in [1.807, 2.05) is 6.08 Å². The summed E-state index contributed by atoms with van der Waals surface area (Å²) in [7, 11) is 0. The Balaban J connectivity index is 2.06. The van der Waals surface area contributed by atoms with Gasteiger partial charge in [0.1, 0.15) is 11.6 Å². The van der Waals surface area contributed by atoms with Gasteiger partial charge in [-0.15, -0.1) is 6.58 Å². The Morgan fingerprint density at radius 1 is 1.35 bits per heavy atom. The molecular formula is C15H16F2. The van der Waals surface area contributed by atoms with Crippen LogP contribution in [0.4, 0.5) is 8.78 Å². The van der Waals surface area contributed by atoms with Gasteiger partial charge in [0.25, 0.3) is 0 Å². The maximum atomic E-state index is 13.5. The summed E-state index contributed by atoms with van der Waals surface area (Å²) in [5.74, 6) is -0.145. The van der Waals surface area contributed by atoms with Gasteiger partial charge < -0.3 is 0 Å². The van der Waals surface area contributed by atoms with Crippen molar-refractivity contribution < 1.29 is 8.78 Å². The van der Waals surface area contributed by atoms with Gasteiger partial charge >= 0.3 is 0 Å². The van der Waals surface area contributed by atoms with Gasteiger partial charge in [-0.25, -0.2) is 8.78 Å². The molecule has 90 valence electrons. The first-order valence-electron chi connectivity index (χ1n) is 5.92. The number of hydrogen-bond acceptors (Lipinski definition) is 0. The largest absolute Gasteiger partial charge is 0.207 e. The monoisotopic (exact) mass is 234 g/mol. The lowest BCUT2D eigenvalue weighted by atomic mass is 9.83. The van der Waals surface area contributed by atoms with Crippen LogP contribution in [-0.2, 0) is 6.42 Å². The third-order valence-corrected chi connectivity index (χ3v) is 3.28. The molecule has 17 heavy (non-hydrogen) atoms. The van der Waals surface area contributed by atoms with Gasteiger partial charge in [-0.2, -0.15) is 0 Å². The van der Waals surface area contributed by atoms with Gasteiger partial charge in [-0.05, 0) is 42.7 Å². The van der Waals surface area contributed by atoms with Crippen molar-refractivity contribution in [2.24, 2.45) is 11.8 Å². The van der Waals surface area contributed by atoms with E-state index in [0.29, 0.717) is 23.8 Å². The van der Waals surface area contributed by atoms with Gasteiger partial charge in [-0.3, -0.25) is 0 Å². The molecule has 0 heterocycles. The lowest BCUT2D eigenvalue weighted by Crippen LogP contribution is -2.13. The second kappa shape index (κ2) is 5.26. The minimum Gasteiger partial charge on any atom is -0.207 e. The topological polar surface area (TPSA) is 0 Å². The Bertz CT molecular complexity index is 435. The van der Waals surface area contributed by atoms with Crippen molar-refractivity contribution in [1.29, 1.82) is 0 Å². The van der Waals surface area contributed by atoms with E-state index < -0.39 is 11.6 Å². The van der Waals surface area contributed by atoms with Gasteiger partial charge in [0.15, 0.2) is 0 Å². The first kappa shape index (κ1) is 12.0. The van der Waals surface area contributed by atoms with Crippen LogP contribution in [0.5, 0.6) is 0 Å². The normalized spacial score (nSPS) is 23.6. The van der Waals surface area contributed by atoms with Crippen molar-refractivity contribution in [2.45, 2.75) is 19.3 Å². The highest BCUT2D eigenvalue weighted by atomic mass is 19.1. The smallest absolute Gasteiger partial charge is 0.129 e. The van der Waals surface area contributed by atoms with Crippen molar-refractivity contribution in [1.82, 2.24) is 0 Å². The third-order valence-electron chi connectivity index (χ3n) is 3.28. The van der Waals surface area contributed by atoms with Crippen LogP contribution in [0.25, 0.3) is 0 Å². The van der Waals surface area contributed by atoms with Crippen molar-refractivity contribution in [3.05, 3.63) is 60.2 Å². The molecular weight excluding hydrogens is 218 g/mol. The van der Waals surface area contributed by atoms with Gasteiger partial charge in [0, 0.05) is 6.07 Å². The lowest BCUT2D eigenvalue weighted by Gasteiger charge is -2.22. The molecule has 0 fully saturated rings. The molecule has 2 unspecified atom stereocenters. The molecule has 1 aliphatic rings. The molecule has 0 saturated heterocycles. The molecule has 1 aliphatic carbocycles. The molecule has 2 atom stereocenters. The van der Waals surface area contributed by atoms with E-state index in [1.54, 1.807) is 6.07 Å². The molecule has 1 aromatic rings. The predicted octanol–water partition coefficient (Wildman–Crippen LogP) is 4.28. The van der Waals surface area contributed by atoms with E-state index in [0.717, 1.165) is 18.9 Å². The molecule has 0 aliphatic heterocycles. The number of hydrogen-bond donors (Lipinski definition) is 0. The number of rotatable bonds is 3. The fraction of sp³-hybridized carbons (Fsp3) is 0.333. The first-order chi connectivity index (χ1) is 8.19. The maximum Gasteiger partial charge on any atom is 0.129 e. The molecule has 0 saturated carbocycles. The second-order valence-electron chi connectivity index (χ2n) is 4.60. The highest BCUT2D eigenvalue weighted by Crippen LogP contribution is 2.28. The minimum atomic E-state index is -0.515. The van der Waals surface area contributed by atoms with E-state index in [2.05, 4.69) is 18.7 Å². The minimum absolute atomic E-state index is 0.386. The molecule has 1 aromatic carbocycles. The SMILES string of the molecule is C=CC1C=CCC(Cc2ccc(F)cc2F)C1. The van der Waals surface area contributed by atoms with Gasteiger partial charge in [-0.1, -0.05) is 24.3 Å². The second-order valence-corrected chi connectivity index (χ2v) is 4.60. The number of benzene rings is 1. The lowest BCUT2D eigenvalue weighted by molar-refractivity contribution is 0.426.